The molecule has 8 nitrogen and oxygen atoms in total. The third kappa shape index (κ3) is 5.77. The lowest BCUT2D eigenvalue weighted by Gasteiger charge is -2.22. The number of para-hydroxylation sites is 1. The molecule has 0 bridgehead atoms. The van der Waals surface area contributed by atoms with E-state index < -0.39 is 0 Å². The van der Waals surface area contributed by atoms with Crippen molar-refractivity contribution < 1.29 is 14.0 Å². The van der Waals surface area contributed by atoms with Gasteiger partial charge in [0, 0.05) is 23.9 Å². The summed E-state index contributed by atoms with van der Waals surface area (Å²) in [6, 6.07) is 15.2. The number of hydrogen-bond acceptors (Lipinski definition) is 8. The van der Waals surface area contributed by atoms with E-state index in [2.05, 4.69) is 25.4 Å². The zero-order chi connectivity index (χ0) is 24.0. The maximum absolute atomic E-state index is 6.10. The van der Waals surface area contributed by atoms with Crippen LogP contribution in [0.15, 0.2) is 59.3 Å². The number of hydrogen-bond donors (Lipinski definition) is 1. The van der Waals surface area contributed by atoms with Crippen molar-refractivity contribution in [3.63, 3.8) is 0 Å². The molecule has 0 saturated heterocycles. The van der Waals surface area contributed by atoms with Gasteiger partial charge >= 0.3 is 0 Å². The highest BCUT2D eigenvalue weighted by molar-refractivity contribution is 5.59. The minimum atomic E-state index is 0.286. The van der Waals surface area contributed by atoms with Gasteiger partial charge in [-0.2, -0.15) is 4.98 Å². The van der Waals surface area contributed by atoms with Gasteiger partial charge in [-0.25, -0.2) is 9.97 Å². The summed E-state index contributed by atoms with van der Waals surface area (Å²) >= 11 is 0. The van der Waals surface area contributed by atoms with Crippen molar-refractivity contribution in [3.8, 4) is 28.8 Å². The fourth-order valence-electron chi connectivity index (χ4n) is 4.21. The maximum atomic E-state index is 6.10. The summed E-state index contributed by atoms with van der Waals surface area (Å²) in [4.78, 5) is 13.6. The average molecular weight is 472 g/mol. The molecule has 0 unspecified atom stereocenters. The van der Waals surface area contributed by atoms with Crippen LogP contribution >= 0.6 is 0 Å². The van der Waals surface area contributed by atoms with Crippen molar-refractivity contribution in [2.45, 2.75) is 58.6 Å². The number of anilines is 1. The van der Waals surface area contributed by atoms with Crippen molar-refractivity contribution in [1.82, 2.24) is 20.1 Å². The van der Waals surface area contributed by atoms with Gasteiger partial charge in [-0.1, -0.05) is 29.8 Å². The maximum Gasteiger partial charge on any atom is 0.226 e. The lowest BCUT2D eigenvalue weighted by Crippen LogP contribution is -2.19. The zero-order valence-electron chi connectivity index (χ0n) is 20.0. The van der Waals surface area contributed by atoms with Gasteiger partial charge in [0.1, 0.15) is 17.2 Å². The number of rotatable bonds is 8. The molecule has 0 radical (unpaired) electrons. The topological polar surface area (TPSA) is 95.2 Å². The summed E-state index contributed by atoms with van der Waals surface area (Å²) in [5, 5.41) is 7.44. The highest BCUT2D eigenvalue weighted by Crippen LogP contribution is 2.28. The van der Waals surface area contributed by atoms with Gasteiger partial charge in [0.15, 0.2) is 5.76 Å². The molecule has 0 spiro atoms. The second-order valence-corrected chi connectivity index (χ2v) is 8.77. The van der Waals surface area contributed by atoms with Gasteiger partial charge < -0.3 is 19.3 Å². The van der Waals surface area contributed by atoms with Gasteiger partial charge in [0.05, 0.1) is 18.0 Å². The fraction of sp³-hybridized carbons (Fsp3) is 0.333. The Morgan fingerprint density at radius 3 is 2.57 bits per heavy atom. The van der Waals surface area contributed by atoms with Crippen LogP contribution in [0, 0.1) is 13.8 Å². The molecule has 1 saturated carbocycles. The fourth-order valence-corrected chi connectivity index (χ4v) is 4.21. The standard InChI is InChI=1S/C27H29N5O3/c1-18-15-25(34-21-11-7-4-8-12-21)31-27(30-18)29-17-23-19(2)32-35-26(23)24-14-13-22(16-28-24)33-20-9-5-3-6-10-20/h4,7-8,11-16,20H,3,5-6,9-10,17H2,1-2H3,(H,29,30,31). The first kappa shape index (κ1) is 22.8. The zero-order valence-corrected chi connectivity index (χ0v) is 20.0. The molecule has 0 amide bonds. The van der Waals surface area contributed by atoms with Crippen LogP contribution in [-0.2, 0) is 6.54 Å². The lowest BCUT2D eigenvalue weighted by atomic mass is 9.98. The van der Waals surface area contributed by atoms with E-state index in [1.165, 1.54) is 19.3 Å². The first-order valence-electron chi connectivity index (χ1n) is 12.0. The number of aryl methyl sites for hydroxylation is 2. The van der Waals surface area contributed by atoms with Crippen molar-refractivity contribution in [2.24, 2.45) is 0 Å². The van der Waals surface area contributed by atoms with E-state index in [4.69, 9.17) is 14.0 Å². The summed E-state index contributed by atoms with van der Waals surface area (Å²) in [6.45, 7) is 4.24. The number of ether oxygens (including phenoxy) is 2. The molecular formula is C27H29N5O3. The Bertz CT molecular complexity index is 1250. The Hall–Kier alpha value is -3.94. The summed E-state index contributed by atoms with van der Waals surface area (Å²) in [7, 11) is 0. The third-order valence-electron chi connectivity index (χ3n) is 6.03. The van der Waals surface area contributed by atoms with E-state index in [1.807, 2.05) is 56.3 Å². The Labute approximate surface area is 204 Å². The molecule has 4 aromatic rings. The predicted molar refractivity (Wildman–Crippen MR) is 133 cm³/mol. The summed E-state index contributed by atoms with van der Waals surface area (Å²) in [5.41, 5.74) is 3.18. The second-order valence-electron chi connectivity index (χ2n) is 8.77. The van der Waals surface area contributed by atoms with E-state index in [0.29, 0.717) is 29.8 Å². The monoisotopic (exact) mass is 471 g/mol. The van der Waals surface area contributed by atoms with Gasteiger partial charge in [0.25, 0.3) is 0 Å². The molecule has 1 N–H and O–H groups in total. The highest BCUT2D eigenvalue weighted by atomic mass is 16.5. The normalized spacial score (nSPS) is 14.0. The van der Waals surface area contributed by atoms with Crippen LogP contribution in [-0.4, -0.2) is 26.2 Å². The Balaban J connectivity index is 1.28. The van der Waals surface area contributed by atoms with E-state index >= 15 is 0 Å². The molecule has 3 heterocycles. The number of aromatic nitrogens is 4. The van der Waals surface area contributed by atoms with E-state index in [-0.39, 0.29) is 6.10 Å². The predicted octanol–water partition coefficient (Wildman–Crippen LogP) is 6.26. The number of nitrogens with one attached hydrogen (secondary N) is 1. The first-order valence-corrected chi connectivity index (χ1v) is 12.0. The Morgan fingerprint density at radius 1 is 0.971 bits per heavy atom. The molecule has 1 aromatic carbocycles. The highest BCUT2D eigenvalue weighted by Gasteiger charge is 2.18. The van der Waals surface area contributed by atoms with Crippen molar-refractivity contribution in [1.29, 1.82) is 0 Å². The number of nitrogens with zero attached hydrogens (tertiary/aromatic N) is 4. The molecule has 180 valence electrons. The first-order chi connectivity index (χ1) is 17.1. The molecule has 0 aliphatic heterocycles. The van der Waals surface area contributed by atoms with Crippen LogP contribution in [0.5, 0.6) is 17.4 Å². The van der Waals surface area contributed by atoms with Crippen LogP contribution < -0.4 is 14.8 Å². The molecule has 1 fully saturated rings. The van der Waals surface area contributed by atoms with E-state index in [0.717, 1.165) is 41.3 Å². The van der Waals surface area contributed by atoms with E-state index in [9.17, 15) is 0 Å². The lowest BCUT2D eigenvalue weighted by molar-refractivity contribution is 0.154. The molecule has 5 rings (SSSR count). The van der Waals surface area contributed by atoms with Crippen molar-refractivity contribution in [2.75, 3.05) is 5.32 Å². The molecular weight excluding hydrogens is 442 g/mol. The van der Waals surface area contributed by atoms with Crippen molar-refractivity contribution >= 4 is 5.95 Å². The van der Waals surface area contributed by atoms with Crippen LogP contribution in [0.4, 0.5) is 5.95 Å². The molecule has 1 aliphatic rings. The number of pyridine rings is 1. The summed E-state index contributed by atoms with van der Waals surface area (Å²) < 4.78 is 17.6. The smallest absolute Gasteiger partial charge is 0.226 e. The molecule has 0 atom stereocenters. The van der Waals surface area contributed by atoms with Gasteiger partial charge in [-0.05, 0) is 63.8 Å². The molecule has 35 heavy (non-hydrogen) atoms. The Morgan fingerprint density at radius 2 is 1.80 bits per heavy atom. The van der Waals surface area contributed by atoms with Crippen LogP contribution in [0.3, 0.4) is 0 Å². The largest absolute Gasteiger partial charge is 0.489 e. The van der Waals surface area contributed by atoms with Gasteiger partial charge in [0.2, 0.25) is 11.8 Å². The second kappa shape index (κ2) is 10.5. The summed E-state index contributed by atoms with van der Waals surface area (Å²) in [6.07, 6.45) is 8.02. The summed E-state index contributed by atoms with van der Waals surface area (Å²) in [5.74, 6) is 3.06. The molecule has 8 heteroatoms. The van der Waals surface area contributed by atoms with Gasteiger partial charge in [-0.15, -0.1) is 0 Å². The number of benzene rings is 1. The molecule has 3 aromatic heterocycles. The average Bonchev–Trinajstić information content (AvgIpc) is 3.24. The van der Waals surface area contributed by atoms with Crippen molar-refractivity contribution in [3.05, 3.63) is 71.7 Å². The van der Waals surface area contributed by atoms with Crippen LogP contribution in [0.25, 0.3) is 11.5 Å². The molecule has 1 aliphatic carbocycles. The van der Waals surface area contributed by atoms with Crippen LogP contribution in [0.2, 0.25) is 0 Å². The SMILES string of the molecule is Cc1cc(Oc2ccccc2)nc(NCc2c(C)noc2-c2ccc(OC3CCCCC3)cn2)n1. The quantitative estimate of drug-likeness (QED) is 0.322. The third-order valence-corrected chi connectivity index (χ3v) is 6.03. The minimum absolute atomic E-state index is 0.286. The Kier molecular flexibility index (Phi) is 6.88. The minimum Gasteiger partial charge on any atom is -0.489 e. The van der Waals surface area contributed by atoms with E-state index in [1.54, 1.807) is 12.3 Å². The van der Waals surface area contributed by atoms with Gasteiger partial charge in [-0.3, -0.25) is 0 Å². The van der Waals surface area contributed by atoms with Crippen LogP contribution in [0.1, 0.15) is 49.1 Å².